The molecule has 0 saturated carbocycles. The zero-order valence-corrected chi connectivity index (χ0v) is 17.1. The van der Waals surface area contributed by atoms with Crippen LogP contribution in [0.15, 0.2) is 53.9 Å². The van der Waals surface area contributed by atoms with E-state index in [2.05, 4.69) is 34.7 Å². The molecule has 0 aliphatic rings. The summed E-state index contributed by atoms with van der Waals surface area (Å²) in [7, 11) is 0. The number of aryl methyl sites for hydroxylation is 1. The lowest BCUT2D eigenvalue weighted by Crippen LogP contribution is -2.32. The molecule has 2 aromatic carbocycles. The van der Waals surface area contributed by atoms with Crippen LogP contribution in [0.2, 0.25) is 0 Å². The number of amides is 1. The van der Waals surface area contributed by atoms with Gasteiger partial charge in [-0.15, -0.1) is 22.9 Å². The maximum atomic E-state index is 12.2. The highest BCUT2D eigenvalue weighted by atomic mass is 35.5. The monoisotopic (exact) mass is 399 g/mol. The maximum Gasteiger partial charge on any atom is 0.231 e. The molecule has 1 heterocycles. The predicted octanol–water partition coefficient (Wildman–Crippen LogP) is 6.07. The summed E-state index contributed by atoms with van der Waals surface area (Å²) in [6.45, 7) is 5.70. The molecule has 0 spiro atoms. The average Bonchev–Trinajstić information content (AvgIpc) is 3.10. The van der Waals surface area contributed by atoms with Crippen molar-refractivity contribution in [2.45, 2.75) is 20.8 Å². The SMILES string of the molecule is Cc1cccc(Nc2nc(-c3ccc(NC(=O)C(C)(C)CCl)cc3)cs2)c1. The molecule has 2 N–H and O–H groups in total. The van der Waals surface area contributed by atoms with Gasteiger partial charge in [-0.3, -0.25) is 4.79 Å². The fourth-order valence-corrected chi connectivity index (χ4v) is 3.26. The zero-order valence-electron chi connectivity index (χ0n) is 15.5. The zero-order chi connectivity index (χ0) is 19.4. The van der Waals surface area contributed by atoms with Crippen LogP contribution in [0.25, 0.3) is 11.3 Å². The molecule has 0 radical (unpaired) electrons. The Hall–Kier alpha value is -2.37. The van der Waals surface area contributed by atoms with Crippen molar-refractivity contribution in [3.63, 3.8) is 0 Å². The van der Waals surface area contributed by atoms with Gasteiger partial charge in [0.25, 0.3) is 0 Å². The molecule has 6 heteroatoms. The summed E-state index contributed by atoms with van der Waals surface area (Å²) in [4.78, 5) is 16.9. The molecule has 0 aliphatic heterocycles. The summed E-state index contributed by atoms with van der Waals surface area (Å²) in [5, 5.41) is 9.10. The number of halogens is 1. The van der Waals surface area contributed by atoms with E-state index in [-0.39, 0.29) is 11.8 Å². The van der Waals surface area contributed by atoms with Gasteiger partial charge in [-0.2, -0.15) is 0 Å². The van der Waals surface area contributed by atoms with Crippen molar-refractivity contribution in [1.29, 1.82) is 0 Å². The molecule has 3 rings (SSSR count). The van der Waals surface area contributed by atoms with Crippen LogP contribution < -0.4 is 10.6 Å². The minimum absolute atomic E-state index is 0.0939. The van der Waals surface area contributed by atoms with E-state index in [1.54, 1.807) is 11.3 Å². The minimum atomic E-state index is -0.606. The van der Waals surface area contributed by atoms with E-state index in [9.17, 15) is 4.79 Å². The predicted molar refractivity (Wildman–Crippen MR) is 115 cm³/mol. The lowest BCUT2D eigenvalue weighted by molar-refractivity contribution is -0.122. The van der Waals surface area contributed by atoms with Crippen molar-refractivity contribution in [2.24, 2.45) is 5.41 Å². The number of rotatable bonds is 6. The number of carbonyl (C=O) groups is 1. The quantitative estimate of drug-likeness (QED) is 0.495. The summed E-state index contributed by atoms with van der Waals surface area (Å²) < 4.78 is 0. The number of anilines is 3. The highest BCUT2D eigenvalue weighted by Gasteiger charge is 2.26. The molecule has 1 aromatic heterocycles. The van der Waals surface area contributed by atoms with Gasteiger partial charge in [0, 0.05) is 28.2 Å². The fraction of sp³-hybridized carbons (Fsp3) is 0.238. The maximum absolute atomic E-state index is 12.2. The van der Waals surface area contributed by atoms with Gasteiger partial charge in [0.1, 0.15) is 0 Å². The van der Waals surface area contributed by atoms with E-state index in [1.807, 2.05) is 55.6 Å². The number of thiazole rings is 1. The van der Waals surface area contributed by atoms with Gasteiger partial charge in [0.05, 0.1) is 11.1 Å². The van der Waals surface area contributed by atoms with Gasteiger partial charge >= 0.3 is 0 Å². The Morgan fingerprint density at radius 3 is 2.56 bits per heavy atom. The van der Waals surface area contributed by atoms with Crippen LogP contribution in [0.5, 0.6) is 0 Å². The molecule has 0 unspecified atom stereocenters. The van der Waals surface area contributed by atoms with E-state index >= 15 is 0 Å². The highest BCUT2D eigenvalue weighted by molar-refractivity contribution is 7.14. The first kappa shape index (κ1) is 19.4. The van der Waals surface area contributed by atoms with Crippen LogP contribution in [0.1, 0.15) is 19.4 Å². The van der Waals surface area contributed by atoms with E-state index in [0.29, 0.717) is 0 Å². The van der Waals surface area contributed by atoms with Crippen LogP contribution in [-0.4, -0.2) is 16.8 Å². The number of hydrogen-bond donors (Lipinski definition) is 2. The Labute approximate surface area is 168 Å². The molecule has 0 aliphatic carbocycles. The molecule has 1 amide bonds. The second kappa shape index (κ2) is 8.11. The molecular weight excluding hydrogens is 378 g/mol. The minimum Gasteiger partial charge on any atom is -0.332 e. The van der Waals surface area contributed by atoms with E-state index < -0.39 is 5.41 Å². The third-order valence-electron chi connectivity index (χ3n) is 4.16. The van der Waals surface area contributed by atoms with Crippen LogP contribution in [0, 0.1) is 12.3 Å². The number of nitrogens with zero attached hydrogens (tertiary/aromatic N) is 1. The third-order valence-corrected chi connectivity index (χ3v) is 5.59. The molecule has 0 saturated heterocycles. The van der Waals surface area contributed by atoms with Gasteiger partial charge in [-0.1, -0.05) is 24.3 Å². The van der Waals surface area contributed by atoms with Gasteiger partial charge in [-0.25, -0.2) is 4.98 Å². The topological polar surface area (TPSA) is 54.0 Å². The van der Waals surface area contributed by atoms with Crippen molar-refractivity contribution in [2.75, 3.05) is 16.5 Å². The Balaban J connectivity index is 1.69. The molecule has 27 heavy (non-hydrogen) atoms. The van der Waals surface area contributed by atoms with Gasteiger partial charge in [0.2, 0.25) is 5.91 Å². The summed E-state index contributed by atoms with van der Waals surface area (Å²) in [6, 6.07) is 15.9. The number of alkyl halides is 1. The molecule has 3 aromatic rings. The molecule has 0 fully saturated rings. The number of aromatic nitrogens is 1. The number of nitrogens with one attached hydrogen (secondary N) is 2. The van der Waals surface area contributed by atoms with Crippen LogP contribution >= 0.6 is 22.9 Å². The molecule has 0 bridgehead atoms. The summed E-state index contributed by atoms with van der Waals surface area (Å²) in [6.07, 6.45) is 0. The Morgan fingerprint density at radius 1 is 1.15 bits per heavy atom. The van der Waals surface area contributed by atoms with Crippen molar-refractivity contribution < 1.29 is 4.79 Å². The van der Waals surface area contributed by atoms with Crippen molar-refractivity contribution in [3.05, 3.63) is 59.5 Å². The van der Waals surface area contributed by atoms with Crippen LogP contribution in [0.4, 0.5) is 16.5 Å². The number of benzene rings is 2. The largest absolute Gasteiger partial charge is 0.332 e. The first-order valence-electron chi connectivity index (χ1n) is 8.64. The molecule has 140 valence electrons. The standard InChI is InChI=1S/C21H22ClN3OS/c1-14-5-4-6-17(11-14)24-20-25-18(12-27-20)15-7-9-16(10-8-15)23-19(26)21(2,3)13-22/h4-12H,13H2,1-3H3,(H,23,26)(H,24,25). The molecule has 4 nitrogen and oxygen atoms in total. The average molecular weight is 400 g/mol. The van der Waals surface area contributed by atoms with Gasteiger partial charge < -0.3 is 10.6 Å². The van der Waals surface area contributed by atoms with Crippen LogP contribution in [0.3, 0.4) is 0 Å². The first-order valence-corrected chi connectivity index (χ1v) is 10.1. The van der Waals surface area contributed by atoms with E-state index in [0.717, 1.165) is 27.8 Å². The second-order valence-electron chi connectivity index (χ2n) is 7.08. The Morgan fingerprint density at radius 2 is 1.89 bits per heavy atom. The van der Waals surface area contributed by atoms with Gasteiger partial charge in [0.15, 0.2) is 5.13 Å². The summed E-state index contributed by atoms with van der Waals surface area (Å²) in [5.74, 6) is 0.176. The second-order valence-corrected chi connectivity index (χ2v) is 8.21. The van der Waals surface area contributed by atoms with Crippen LogP contribution in [-0.2, 0) is 4.79 Å². The fourth-order valence-electron chi connectivity index (χ4n) is 2.40. The summed E-state index contributed by atoms with van der Waals surface area (Å²) >= 11 is 7.41. The summed E-state index contributed by atoms with van der Waals surface area (Å²) in [5.41, 5.74) is 4.26. The normalized spacial score (nSPS) is 11.3. The lowest BCUT2D eigenvalue weighted by Gasteiger charge is -2.20. The molecular formula is C21H22ClN3OS. The molecule has 0 atom stereocenters. The van der Waals surface area contributed by atoms with Crippen molar-refractivity contribution >= 4 is 45.4 Å². The van der Waals surface area contributed by atoms with Crippen molar-refractivity contribution in [1.82, 2.24) is 4.98 Å². The number of hydrogen-bond acceptors (Lipinski definition) is 4. The Kier molecular flexibility index (Phi) is 5.82. The Bertz CT molecular complexity index is 935. The van der Waals surface area contributed by atoms with Gasteiger partial charge in [-0.05, 0) is 50.6 Å². The van der Waals surface area contributed by atoms with Crippen molar-refractivity contribution in [3.8, 4) is 11.3 Å². The first-order chi connectivity index (χ1) is 12.9. The smallest absolute Gasteiger partial charge is 0.231 e. The van der Waals surface area contributed by atoms with E-state index in [1.165, 1.54) is 5.56 Å². The third kappa shape index (κ3) is 4.87. The highest BCUT2D eigenvalue weighted by Crippen LogP contribution is 2.28. The lowest BCUT2D eigenvalue weighted by atomic mass is 9.95. The number of carbonyl (C=O) groups excluding carboxylic acids is 1. The van der Waals surface area contributed by atoms with E-state index in [4.69, 9.17) is 11.6 Å².